The molecule has 0 amide bonds. The summed E-state index contributed by atoms with van der Waals surface area (Å²) < 4.78 is 5.28. The van der Waals surface area contributed by atoms with Crippen LogP contribution in [-0.4, -0.2) is 19.8 Å². The maximum absolute atomic E-state index is 5.28. The maximum Gasteiger partial charge on any atom is 0.0478 e. The van der Waals surface area contributed by atoms with E-state index in [0.717, 1.165) is 32.6 Å². The molecule has 0 aliphatic rings. The first-order chi connectivity index (χ1) is 8.38. The molecule has 0 bridgehead atoms. The summed E-state index contributed by atoms with van der Waals surface area (Å²) in [5, 5.41) is 0. The van der Waals surface area contributed by atoms with E-state index in [1.807, 2.05) is 13.0 Å². The van der Waals surface area contributed by atoms with E-state index in [0.29, 0.717) is 6.04 Å². The van der Waals surface area contributed by atoms with Crippen LogP contribution in [0.25, 0.3) is 0 Å². The Bertz CT molecular complexity index is 277. The summed E-state index contributed by atoms with van der Waals surface area (Å²) in [6, 6.07) is 10.9. The Hall–Kier alpha value is -0.900. The van der Waals surface area contributed by atoms with Gasteiger partial charge in [0.1, 0.15) is 0 Å². The highest BCUT2D eigenvalue weighted by Crippen LogP contribution is 2.14. The lowest BCUT2D eigenvalue weighted by Crippen LogP contribution is -2.36. The van der Waals surface area contributed by atoms with E-state index in [4.69, 9.17) is 4.74 Å². The summed E-state index contributed by atoms with van der Waals surface area (Å²) in [7, 11) is 0. The molecule has 0 saturated carbocycles. The molecular weight excluding hydrogens is 212 g/mol. The molecule has 3 heteroatoms. The summed E-state index contributed by atoms with van der Waals surface area (Å²) >= 11 is 0. The molecule has 1 aromatic carbocycles. The highest BCUT2D eigenvalue weighted by Gasteiger charge is 2.06. The molecule has 1 aromatic rings. The van der Waals surface area contributed by atoms with Crippen molar-refractivity contribution in [3.8, 4) is 0 Å². The van der Waals surface area contributed by atoms with Crippen molar-refractivity contribution in [1.29, 1.82) is 0 Å². The highest BCUT2D eigenvalue weighted by molar-refractivity contribution is 5.18. The van der Waals surface area contributed by atoms with Crippen LogP contribution in [-0.2, 0) is 4.74 Å². The van der Waals surface area contributed by atoms with Gasteiger partial charge in [-0.15, -0.1) is 0 Å². The summed E-state index contributed by atoms with van der Waals surface area (Å²) in [4.78, 5) is 0. The number of rotatable bonds is 9. The van der Waals surface area contributed by atoms with Crippen LogP contribution in [0.3, 0.4) is 0 Å². The van der Waals surface area contributed by atoms with Crippen molar-refractivity contribution in [2.75, 3.05) is 19.8 Å². The van der Waals surface area contributed by atoms with E-state index >= 15 is 0 Å². The molecule has 0 heterocycles. The molecule has 2 N–H and O–H groups in total. The van der Waals surface area contributed by atoms with Crippen molar-refractivity contribution in [1.82, 2.24) is 10.9 Å². The van der Waals surface area contributed by atoms with Crippen molar-refractivity contribution < 1.29 is 4.74 Å². The minimum absolute atomic E-state index is 0.378. The zero-order valence-electron chi connectivity index (χ0n) is 10.9. The molecule has 17 heavy (non-hydrogen) atoms. The van der Waals surface area contributed by atoms with Gasteiger partial charge in [-0.3, -0.25) is 10.9 Å². The maximum atomic E-state index is 5.28. The minimum atomic E-state index is 0.378. The molecule has 1 atom stereocenters. The molecule has 1 rings (SSSR count). The van der Waals surface area contributed by atoms with Gasteiger partial charge in [0.15, 0.2) is 0 Å². The van der Waals surface area contributed by atoms with Crippen LogP contribution in [0.5, 0.6) is 0 Å². The molecular formula is C14H24N2O. The molecule has 1 unspecified atom stereocenters. The third-order valence-electron chi connectivity index (χ3n) is 2.68. The van der Waals surface area contributed by atoms with Crippen LogP contribution in [0.2, 0.25) is 0 Å². The van der Waals surface area contributed by atoms with Crippen molar-refractivity contribution in [2.24, 2.45) is 0 Å². The van der Waals surface area contributed by atoms with Gasteiger partial charge in [-0.25, -0.2) is 0 Å². The van der Waals surface area contributed by atoms with Crippen molar-refractivity contribution in [3.05, 3.63) is 35.9 Å². The number of hydrazine groups is 1. The first-order valence-corrected chi connectivity index (χ1v) is 6.49. The van der Waals surface area contributed by atoms with Crippen LogP contribution in [0.1, 0.15) is 38.3 Å². The molecule has 0 aliphatic carbocycles. The Balaban J connectivity index is 2.20. The quantitative estimate of drug-likeness (QED) is 0.511. The Morgan fingerprint density at radius 2 is 1.94 bits per heavy atom. The second-order valence-corrected chi connectivity index (χ2v) is 3.99. The highest BCUT2D eigenvalue weighted by atomic mass is 16.5. The molecule has 0 aromatic heterocycles. The zero-order chi connectivity index (χ0) is 12.3. The van der Waals surface area contributed by atoms with Crippen molar-refractivity contribution >= 4 is 0 Å². The van der Waals surface area contributed by atoms with Gasteiger partial charge < -0.3 is 4.74 Å². The number of hydrogen-bond acceptors (Lipinski definition) is 3. The average Bonchev–Trinajstić information content (AvgIpc) is 2.39. The van der Waals surface area contributed by atoms with Crippen molar-refractivity contribution in [3.63, 3.8) is 0 Å². The standard InChI is InChI=1S/C14H24N2O/c1-3-14(13-9-6-5-7-10-13)16-15-11-8-12-17-4-2/h5-7,9-10,14-16H,3-4,8,11-12H2,1-2H3. The van der Waals surface area contributed by atoms with Crippen LogP contribution >= 0.6 is 0 Å². The van der Waals surface area contributed by atoms with Gasteiger partial charge >= 0.3 is 0 Å². The predicted octanol–water partition coefficient (Wildman–Crippen LogP) is 2.66. The normalized spacial score (nSPS) is 12.6. The Morgan fingerprint density at radius 3 is 2.59 bits per heavy atom. The fraction of sp³-hybridized carbons (Fsp3) is 0.571. The second kappa shape index (κ2) is 9.16. The lowest BCUT2D eigenvalue weighted by atomic mass is 10.1. The van der Waals surface area contributed by atoms with E-state index in [-0.39, 0.29) is 0 Å². The Kier molecular flexibility index (Phi) is 7.63. The van der Waals surface area contributed by atoms with Crippen LogP contribution in [0, 0.1) is 0 Å². The van der Waals surface area contributed by atoms with Gasteiger partial charge in [-0.05, 0) is 25.3 Å². The molecule has 96 valence electrons. The molecule has 0 fully saturated rings. The molecule has 3 nitrogen and oxygen atoms in total. The predicted molar refractivity (Wildman–Crippen MR) is 71.7 cm³/mol. The summed E-state index contributed by atoms with van der Waals surface area (Å²) in [6.45, 7) is 6.77. The summed E-state index contributed by atoms with van der Waals surface area (Å²) in [5.41, 5.74) is 7.95. The average molecular weight is 236 g/mol. The molecule has 0 aliphatic heterocycles. The third kappa shape index (κ3) is 5.82. The van der Waals surface area contributed by atoms with Gasteiger partial charge in [0.2, 0.25) is 0 Å². The van der Waals surface area contributed by atoms with Gasteiger partial charge in [-0.1, -0.05) is 37.3 Å². The smallest absolute Gasteiger partial charge is 0.0478 e. The van der Waals surface area contributed by atoms with Gasteiger partial charge in [0, 0.05) is 25.8 Å². The topological polar surface area (TPSA) is 33.3 Å². The summed E-state index contributed by atoms with van der Waals surface area (Å²) in [5.74, 6) is 0. The van der Waals surface area contributed by atoms with Crippen LogP contribution in [0.15, 0.2) is 30.3 Å². The van der Waals surface area contributed by atoms with Crippen molar-refractivity contribution in [2.45, 2.75) is 32.7 Å². The monoisotopic (exact) mass is 236 g/mol. The summed E-state index contributed by atoms with van der Waals surface area (Å²) in [6.07, 6.45) is 2.11. The Morgan fingerprint density at radius 1 is 1.18 bits per heavy atom. The first-order valence-electron chi connectivity index (χ1n) is 6.49. The number of ether oxygens (including phenoxy) is 1. The zero-order valence-corrected chi connectivity index (χ0v) is 10.9. The largest absolute Gasteiger partial charge is 0.382 e. The van der Waals surface area contributed by atoms with Gasteiger partial charge in [-0.2, -0.15) is 0 Å². The second-order valence-electron chi connectivity index (χ2n) is 3.99. The fourth-order valence-corrected chi connectivity index (χ4v) is 1.71. The lowest BCUT2D eigenvalue weighted by molar-refractivity contribution is 0.143. The van der Waals surface area contributed by atoms with Gasteiger partial charge in [0.05, 0.1) is 0 Å². The molecule has 0 saturated heterocycles. The number of hydrogen-bond donors (Lipinski definition) is 2. The molecule has 0 spiro atoms. The van der Waals surface area contributed by atoms with E-state index in [1.54, 1.807) is 0 Å². The minimum Gasteiger partial charge on any atom is -0.382 e. The lowest BCUT2D eigenvalue weighted by Gasteiger charge is -2.18. The number of benzene rings is 1. The SMILES string of the molecule is CCOCCCNNC(CC)c1ccccc1. The van der Waals surface area contributed by atoms with E-state index in [2.05, 4.69) is 42.0 Å². The van der Waals surface area contributed by atoms with Crippen LogP contribution < -0.4 is 10.9 Å². The first kappa shape index (κ1) is 14.2. The van der Waals surface area contributed by atoms with E-state index in [1.165, 1.54) is 5.56 Å². The third-order valence-corrected chi connectivity index (χ3v) is 2.68. The fourth-order valence-electron chi connectivity index (χ4n) is 1.71. The van der Waals surface area contributed by atoms with Crippen LogP contribution in [0.4, 0.5) is 0 Å². The van der Waals surface area contributed by atoms with E-state index < -0.39 is 0 Å². The van der Waals surface area contributed by atoms with Gasteiger partial charge in [0.25, 0.3) is 0 Å². The van der Waals surface area contributed by atoms with E-state index in [9.17, 15) is 0 Å². The Labute approximate surface area is 105 Å². The number of nitrogens with one attached hydrogen (secondary N) is 2. The molecule has 0 radical (unpaired) electrons.